The van der Waals surface area contributed by atoms with Crippen molar-refractivity contribution < 1.29 is 14.3 Å². The number of aromatic nitrogens is 2. The van der Waals surface area contributed by atoms with Crippen molar-refractivity contribution in [2.24, 2.45) is 5.73 Å². The summed E-state index contributed by atoms with van der Waals surface area (Å²) in [5.74, 6) is -0.897. The normalized spacial score (nSPS) is 19.2. The van der Waals surface area contributed by atoms with Gasteiger partial charge in [-0.3, -0.25) is 9.20 Å². The fraction of sp³-hybridized carbons (Fsp3) is 0.304. The third kappa shape index (κ3) is 2.78. The van der Waals surface area contributed by atoms with Gasteiger partial charge in [0.2, 0.25) is 0 Å². The van der Waals surface area contributed by atoms with Crippen molar-refractivity contribution >= 4 is 28.9 Å². The first-order valence-corrected chi connectivity index (χ1v) is 10.1. The average Bonchev–Trinajstić information content (AvgIpc) is 3.41. The van der Waals surface area contributed by atoms with E-state index in [2.05, 4.69) is 4.98 Å². The molecule has 0 unspecified atom stereocenters. The van der Waals surface area contributed by atoms with Gasteiger partial charge in [-0.1, -0.05) is 12.1 Å². The fourth-order valence-corrected chi connectivity index (χ4v) is 4.37. The minimum absolute atomic E-state index is 0.0476. The number of benzene rings is 1. The van der Waals surface area contributed by atoms with Crippen molar-refractivity contribution in [1.29, 1.82) is 0 Å². The Morgan fingerprint density at radius 3 is 2.80 bits per heavy atom. The Kier molecular flexibility index (Phi) is 4.47. The zero-order valence-corrected chi connectivity index (χ0v) is 17.1. The molecule has 0 atom stereocenters. The minimum atomic E-state index is -0.849. The minimum Gasteiger partial charge on any atom is -0.343 e. The molecule has 4 heterocycles. The van der Waals surface area contributed by atoms with Gasteiger partial charge in [0.25, 0.3) is 5.91 Å². The van der Waals surface area contributed by atoms with Crippen molar-refractivity contribution in [2.45, 2.75) is 19.1 Å². The monoisotopic (exact) mass is 404 g/mol. The molecule has 30 heavy (non-hydrogen) atoms. The maximum absolute atomic E-state index is 13.1. The molecular formula is C23H24N4O3. The molecule has 0 spiro atoms. The van der Waals surface area contributed by atoms with Gasteiger partial charge in [0, 0.05) is 30.8 Å². The maximum atomic E-state index is 13.1. The highest BCUT2D eigenvalue weighted by Gasteiger charge is 2.40. The number of ether oxygens (including phenoxy) is 2. The van der Waals surface area contributed by atoms with Crippen LogP contribution in [0.1, 0.15) is 28.9 Å². The lowest BCUT2D eigenvalue weighted by molar-refractivity contribution is -0.168. The second-order valence-electron chi connectivity index (χ2n) is 7.65. The Labute approximate surface area is 174 Å². The third-order valence-electron chi connectivity index (χ3n) is 5.88. The SMILES string of the molecule is Cc1nc2ccccn2c1/C=C1\C(=O)N(C)c2ccc(C3(CCN)OCCO3)cc21. The summed E-state index contributed by atoms with van der Waals surface area (Å²) in [6.45, 7) is 3.45. The van der Waals surface area contributed by atoms with Gasteiger partial charge in [-0.2, -0.15) is 0 Å². The van der Waals surface area contributed by atoms with Gasteiger partial charge in [0.15, 0.2) is 5.79 Å². The third-order valence-corrected chi connectivity index (χ3v) is 5.88. The van der Waals surface area contributed by atoms with E-state index >= 15 is 0 Å². The van der Waals surface area contributed by atoms with E-state index in [4.69, 9.17) is 15.2 Å². The highest BCUT2D eigenvalue weighted by atomic mass is 16.7. The lowest BCUT2D eigenvalue weighted by Crippen LogP contribution is -2.30. The molecule has 1 fully saturated rings. The molecule has 2 aromatic heterocycles. The zero-order valence-electron chi connectivity index (χ0n) is 17.1. The second-order valence-corrected chi connectivity index (χ2v) is 7.65. The number of carbonyl (C=O) groups excluding carboxylic acids is 1. The van der Waals surface area contributed by atoms with E-state index in [1.165, 1.54) is 0 Å². The number of hydrogen-bond donors (Lipinski definition) is 1. The van der Waals surface area contributed by atoms with E-state index in [0.717, 1.165) is 33.8 Å². The summed E-state index contributed by atoms with van der Waals surface area (Å²) in [6, 6.07) is 11.8. The Morgan fingerprint density at radius 2 is 2.03 bits per heavy atom. The molecule has 0 bridgehead atoms. The number of pyridine rings is 1. The summed E-state index contributed by atoms with van der Waals surface area (Å²) in [5.41, 5.74) is 11.7. The van der Waals surface area contributed by atoms with Gasteiger partial charge < -0.3 is 20.1 Å². The molecule has 5 rings (SSSR count). The number of amides is 1. The van der Waals surface area contributed by atoms with Gasteiger partial charge in [0.1, 0.15) is 5.65 Å². The lowest BCUT2D eigenvalue weighted by atomic mass is 9.96. The number of likely N-dealkylation sites (N-methyl/N-ethyl adjacent to an activating group) is 1. The first kappa shape index (κ1) is 19.0. The van der Waals surface area contributed by atoms with Crippen molar-refractivity contribution in [3.63, 3.8) is 0 Å². The summed E-state index contributed by atoms with van der Waals surface area (Å²) in [5, 5.41) is 0. The van der Waals surface area contributed by atoms with E-state index in [-0.39, 0.29) is 5.91 Å². The Hall–Kier alpha value is -3.00. The molecule has 0 aliphatic carbocycles. The van der Waals surface area contributed by atoms with Crippen LogP contribution in [-0.4, -0.2) is 42.1 Å². The molecule has 2 N–H and O–H groups in total. The van der Waals surface area contributed by atoms with E-state index in [1.807, 2.05) is 60.0 Å². The highest BCUT2D eigenvalue weighted by Crippen LogP contribution is 2.42. The molecule has 7 nitrogen and oxygen atoms in total. The van der Waals surface area contributed by atoms with E-state index < -0.39 is 5.79 Å². The van der Waals surface area contributed by atoms with Crippen LogP contribution in [0.5, 0.6) is 0 Å². The summed E-state index contributed by atoms with van der Waals surface area (Å²) >= 11 is 0. The van der Waals surface area contributed by atoms with Gasteiger partial charge in [-0.05, 0) is 43.8 Å². The standard InChI is InChI=1S/C23H24N4O3/c1-15-20(27-10-4-3-5-21(27)25-15)14-18-17-13-16(6-7-19(17)26(2)22(18)28)23(8-9-24)29-11-12-30-23/h3-7,10,13-14H,8-9,11-12,24H2,1-2H3/b18-14-. The Bertz CT molecular complexity index is 1170. The summed E-state index contributed by atoms with van der Waals surface area (Å²) < 4.78 is 13.9. The summed E-state index contributed by atoms with van der Waals surface area (Å²) in [4.78, 5) is 19.4. The van der Waals surface area contributed by atoms with Crippen LogP contribution >= 0.6 is 0 Å². The first-order valence-electron chi connectivity index (χ1n) is 10.1. The average molecular weight is 404 g/mol. The molecule has 2 aliphatic rings. The van der Waals surface area contributed by atoms with Crippen LogP contribution in [0.15, 0.2) is 42.6 Å². The van der Waals surface area contributed by atoms with Crippen molar-refractivity contribution in [1.82, 2.24) is 9.38 Å². The van der Waals surface area contributed by atoms with Crippen LogP contribution in [0.4, 0.5) is 5.69 Å². The van der Waals surface area contributed by atoms with Crippen LogP contribution < -0.4 is 10.6 Å². The van der Waals surface area contributed by atoms with Crippen LogP contribution in [0.2, 0.25) is 0 Å². The Balaban J connectivity index is 1.66. The molecule has 7 heteroatoms. The molecule has 1 saturated heterocycles. The predicted molar refractivity (Wildman–Crippen MR) is 115 cm³/mol. The van der Waals surface area contributed by atoms with Crippen LogP contribution in [0.25, 0.3) is 17.3 Å². The largest absolute Gasteiger partial charge is 0.343 e. The van der Waals surface area contributed by atoms with Crippen molar-refractivity contribution in [2.75, 3.05) is 31.7 Å². The molecule has 0 saturated carbocycles. The number of aryl methyl sites for hydroxylation is 1. The molecule has 154 valence electrons. The first-order chi connectivity index (χ1) is 14.5. The quantitative estimate of drug-likeness (QED) is 0.676. The predicted octanol–water partition coefficient (Wildman–Crippen LogP) is 2.71. The number of anilines is 1. The number of nitrogens with two attached hydrogens (primary N) is 1. The van der Waals surface area contributed by atoms with Crippen molar-refractivity contribution in [3.05, 3.63) is 65.1 Å². The van der Waals surface area contributed by atoms with Crippen LogP contribution in [-0.2, 0) is 20.1 Å². The van der Waals surface area contributed by atoms with E-state index in [9.17, 15) is 4.79 Å². The molecule has 3 aromatic rings. The topological polar surface area (TPSA) is 82.1 Å². The number of nitrogens with zero attached hydrogens (tertiary/aromatic N) is 3. The lowest BCUT2D eigenvalue weighted by Gasteiger charge is -2.28. The fourth-order valence-electron chi connectivity index (χ4n) is 4.37. The number of rotatable bonds is 4. The molecular weight excluding hydrogens is 380 g/mol. The molecule has 1 amide bonds. The molecule has 1 aromatic carbocycles. The second kappa shape index (κ2) is 7.05. The van der Waals surface area contributed by atoms with E-state index in [0.29, 0.717) is 31.8 Å². The molecule has 2 aliphatic heterocycles. The number of fused-ring (bicyclic) bond motifs is 2. The maximum Gasteiger partial charge on any atom is 0.258 e. The number of hydrogen-bond acceptors (Lipinski definition) is 5. The highest BCUT2D eigenvalue weighted by molar-refractivity contribution is 6.35. The summed E-state index contributed by atoms with van der Waals surface area (Å²) in [7, 11) is 1.79. The van der Waals surface area contributed by atoms with Gasteiger partial charge in [0.05, 0.1) is 35.9 Å². The number of carbonyl (C=O) groups is 1. The van der Waals surface area contributed by atoms with Crippen molar-refractivity contribution in [3.8, 4) is 0 Å². The summed E-state index contributed by atoms with van der Waals surface area (Å²) in [6.07, 6.45) is 4.44. The number of imidazole rings is 1. The Morgan fingerprint density at radius 1 is 1.23 bits per heavy atom. The zero-order chi connectivity index (χ0) is 20.9. The van der Waals surface area contributed by atoms with E-state index in [1.54, 1.807) is 11.9 Å². The van der Waals surface area contributed by atoms with Gasteiger partial charge >= 0.3 is 0 Å². The molecule has 0 radical (unpaired) electrons. The van der Waals surface area contributed by atoms with Crippen LogP contribution in [0, 0.1) is 6.92 Å². The smallest absolute Gasteiger partial charge is 0.258 e. The van der Waals surface area contributed by atoms with Gasteiger partial charge in [-0.15, -0.1) is 0 Å². The van der Waals surface area contributed by atoms with Gasteiger partial charge in [-0.25, -0.2) is 4.98 Å². The van der Waals surface area contributed by atoms with Crippen LogP contribution in [0.3, 0.4) is 0 Å².